The quantitative estimate of drug-likeness (QED) is 0.719. The Labute approximate surface area is 94.2 Å². The van der Waals surface area contributed by atoms with Crippen LogP contribution in [0, 0.1) is 5.92 Å². The fraction of sp³-hybridized carbons (Fsp3) is 0.417. The summed E-state index contributed by atoms with van der Waals surface area (Å²) in [6, 6.07) is 5.50. The van der Waals surface area contributed by atoms with Crippen LogP contribution in [0.15, 0.2) is 18.2 Å². The fourth-order valence-electron chi connectivity index (χ4n) is 1.38. The van der Waals surface area contributed by atoms with Gasteiger partial charge in [0.05, 0.1) is 11.6 Å². The second-order valence-electron chi connectivity index (χ2n) is 3.89. The third-order valence-corrected chi connectivity index (χ3v) is 2.78. The van der Waals surface area contributed by atoms with Crippen LogP contribution in [-0.4, -0.2) is 12.9 Å². The highest BCUT2D eigenvalue weighted by atomic mass is 35.5. The molecule has 15 heavy (non-hydrogen) atoms. The number of carbonyl (C=O) groups excluding carboxylic acids is 1. The van der Waals surface area contributed by atoms with Crippen molar-refractivity contribution in [3.8, 4) is 5.75 Å². The van der Waals surface area contributed by atoms with Crippen molar-refractivity contribution in [1.82, 2.24) is 0 Å². The summed E-state index contributed by atoms with van der Waals surface area (Å²) in [5, 5.41) is 0.593. The van der Waals surface area contributed by atoms with Gasteiger partial charge >= 0.3 is 0 Å². The van der Waals surface area contributed by atoms with E-state index in [2.05, 4.69) is 0 Å². The summed E-state index contributed by atoms with van der Waals surface area (Å²) in [4.78, 5) is 10.3. The van der Waals surface area contributed by atoms with Gasteiger partial charge in [-0.3, -0.25) is 0 Å². The number of halogens is 1. The lowest BCUT2D eigenvalue weighted by Crippen LogP contribution is -1.99. The molecule has 1 aromatic rings. The minimum absolute atomic E-state index is 0.405. The lowest BCUT2D eigenvalue weighted by atomic mass is 10.1. The Morgan fingerprint density at radius 3 is 2.87 bits per heavy atom. The molecule has 3 heteroatoms. The van der Waals surface area contributed by atoms with Crippen molar-refractivity contribution in [1.29, 1.82) is 0 Å². The number of hydrogen-bond donors (Lipinski definition) is 0. The van der Waals surface area contributed by atoms with E-state index in [0.717, 1.165) is 30.1 Å². The maximum atomic E-state index is 10.3. The molecule has 0 unspecified atom stereocenters. The van der Waals surface area contributed by atoms with E-state index in [-0.39, 0.29) is 0 Å². The first-order valence-electron chi connectivity index (χ1n) is 5.14. The molecule has 2 rings (SSSR count). The Balaban J connectivity index is 2.00. The van der Waals surface area contributed by atoms with Gasteiger partial charge < -0.3 is 9.53 Å². The molecule has 0 bridgehead atoms. The largest absolute Gasteiger partial charge is 0.492 e. The van der Waals surface area contributed by atoms with E-state index in [1.807, 2.05) is 12.1 Å². The Kier molecular flexibility index (Phi) is 3.27. The molecular formula is C12H13ClO2. The number of carbonyl (C=O) groups is 1. The predicted molar refractivity (Wildman–Crippen MR) is 59.4 cm³/mol. The summed E-state index contributed by atoms with van der Waals surface area (Å²) in [5.41, 5.74) is 0.925. The first-order valence-corrected chi connectivity index (χ1v) is 5.52. The van der Waals surface area contributed by atoms with Crippen LogP contribution in [0.4, 0.5) is 0 Å². The van der Waals surface area contributed by atoms with Crippen molar-refractivity contribution in [2.24, 2.45) is 5.92 Å². The molecule has 1 aliphatic rings. The highest BCUT2D eigenvalue weighted by Gasteiger charge is 2.22. The SMILES string of the molecule is O=CCc1ccc(OCC2CC2)c(Cl)c1. The van der Waals surface area contributed by atoms with Gasteiger partial charge in [-0.15, -0.1) is 0 Å². The van der Waals surface area contributed by atoms with Crippen molar-refractivity contribution in [2.75, 3.05) is 6.61 Å². The average molecular weight is 225 g/mol. The standard InChI is InChI=1S/C12H13ClO2/c13-11-7-9(5-6-14)3-4-12(11)15-8-10-1-2-10/h3-4,6-7,10H,1-2,5,8H2. The van der Waals surface area contributed by atoms with Crippen LogP contribution < -0.4 is 4.74 Å². The Morgan fingerprint density at radius 1 is 1.47 bits per heavy atom. The fourth-order valence-corrected chi connectivity index (χ4v) is 1.63. The van der Waals surface area contributed by atoms with Gasteiger partial charge in [0.25, 0.3) is 0 Å². The van der Waals surface area contributed by atoms with Crippen LogP contribution in [0.25, 0.3) is 0 Å². The van der Waals surface area contributed by atoms with Gasteiger partial charge in [0.15, 0.2) is 0 Å². The topological polar surface area (TPSA) is 26.3 Å². The van der Waals surface area contributed by atoms with Crippen molar-refractivity contribution in [2.45, 2.75) is 19.3 Å². The minimum atomic E-state index is 0.405. The molecular weight excluding hydrogens is 212 g/mol. The van der Waals surface area contributed by atoms with Crippen molar-refractivity contribution < 1.29 is 9.53 Å². The minimum Gasteiger partial charge on any atom is -0.492 e. The predicted octanol–water partition coefficient (Wildman–Crippen LogP) is 2.87. The molecule has 1 fully saturated rings. The molecule has 0 radical (unpaired) electrons. The second kappa shape index (κ2) is 4.67. The summed E-state index contributed by atoms with van der Waals surface area (Å²) in [5.74, 6) is 1.44. The number of aldehydes is 1. The molecule has 1 aliphatic carbocycles. The zero-order chi connectivity index (χ0) is 10.7. The van der Waals surface area contributed by atoms with E-state index in [1.165, 1.54) is 12.8 Å². The van der Waals surface area contributed by atoms with E-state index in [9.17, 15) is 4.79 Å². The van der Waals surface area contributed by atoms with Gasteiger partial charge in [-0.2, -0.15) is 0 Å². The van der Waals surface area contributed by atoms with Gasteiger partial charge in [0.1, 0.15) is 12.0 Å². The van der Waals surface area contributed by atoms with Crippen molar-refractivity contribution in [3.63, 3.8) is 0 Å². The molecule has 2 nitrogen and oxygen atoms in total. The molecule has 0 heterocycles. The molecule has 0 aromatic heterocycles. The first-order chi connectivity index (χ1) is 7.29. The summed E-state index contributed by atoms with van der Waals surface area (Å²) in [6.45, 7) is 0.757. The van der Waals surface area contributed by atoms with Crippen LogP contribution >= 0.6 is 11.6 Å². The zero-order valence-corrected chi connectivity index (χ0v) is 9.17. The van der Waals surface area contributed by atoms with E-state index in [0.29, 0.717) is 11.4 Å². The first kappa shape index (κ1) is 10.5. The number of ether oxygens (including phenoxy) is 1. The molecule has 0 spiro atoms. The van der Waals surface area contributed by atoms with Gasteiger partial charge in [0, 0.05) is 6.42 Å². The van der Waals surface area contributed by atoms with E-state index < -0.39 is 0 Å². The van der Waals surface area contributed by atoms with Crippen LogP contribution in [0.5, 0.6) is 5.75 Å². The van der Waals surface area contributed by atoms with Gasteiger partial charge in [-0.25, -0.2) is 0 Å². The zero-order valence-electron chi connectivity index (χ0n) is 8.41. The summed E-state index contributed by atoms with van der Waals surface area (Å²) >= 11 is 6.03. The Hall–Kier alpha value is -1.02. The van der Waals surface area contributed by atoms with E-state index in [4.69, 9.17) is 16.3 Å². The molecule has 1 aromatic carbocycles. The third-order valence-electron chi connectivity index (χ3n) is 2.49. The van der Waals surface area contributed by atoms with Crippen LogP contribution in [0.3, 0.4) is 0 Å². The average Bonchev–Trinajstić information content (AvgIpc) is 3.01. The number of rotatable bonds is 5. The van der Waals surface area contributed by atoms with Crippen LogP contribution in [-0.2, 0) is 11.2 Å². The van der Waals surface area contributed by atoms with E-state index >= 15 is 0 Å². The highest BCUT2D eigenvalue weighted by Crippen LogP contribution is 2.32. The van der Waals surface area contributed by atoms with Crippen molar-refractivity contribution in [3.05, 3.63) is 28.8 Å². The maximum Gasteiger partial charge on any atom is 0.137 e. The smallest absolute Gasteiger partial charge is 0.137 e. The Bertz CT molecular complexity index is 359. The lowest BCUT2D eigenvalue weighted by Gasteiger charge is -2.07. The second-order valence-corrected chi connectivity index (χ2v) is 4.30. The van der Waals surface area contributed by atoms with Crippen LogP contribution in [0.1, 0.15) is 18.4 Å². The third kappa shape index (κ3) is 2.96. The van der Waals surface area contributed by atoms with Gasteiger partial charge in [-0.05, 0) is 36.5 Å². The van der Waals surface area contributed by atoms with Crippen molar-refractivity contribution >= 4 is 17.9 Å². The lowest BCUT2D eigenvalue weighted by molar-refractivity contribution is -0.107. The summed E-state index contributed by atoms with van der Waals surface area (Å²) in [7, 11) is 0. The number of benzene rings is 1. The molecule has 80 valence electrons. The Morgan fingerprint density at radius 2 is 2.27 bits per heavy atom. The van der Waals surface area contributed by atoms with E-state index in [1.54, 1.807) is 6.07 Å². The number of hydrogen-bond acceptors (Lipinski definition) is 2. The molecule has 0 N–H and O–H groups in total. The molecule has 0 aliphatic heterocycles. The molecule has 0 atom stereocenters. The molecule has 0 saturated heterocycles. The van der Waals surface area contributed by atoms with Gasteiger partial charge in [0.2, 0.25) is 0 Å². The highest BCUT2D eigenvalue weighted by molar-refractivity contribution is 6.32. The molecule has 1 saturated carbocycles. The monoisotopic (exact) mass is 224 g/mol. The molecule has 0 amide bonds. The van der Waals surface area contributed by atoms with Crippen LogP contribution in [0.2, 0.25) is 5.02 Å². The normalized spacial score (nSPS) is 15.0. The summed E-state index contributed by atoms with van der Waals surface area (Å²) < 4.78 is 5.57. The van der Waals surface area contributed by atoms with Gasteiger partial charge in [-0.1, -0.05) is 17.7 Å². The summed E-state index contributed by atoms with van der Waals surface area (Å²) in [6.07, 6.45) is 3.81. The maximum absolute atomic E-state index is 10.3.